The van der Waals surface area contributed by atoms with Crippen LogP contribution < -0.4 is 4.74 Å². The number of carbonyl (C=O) groups excluding carboxylic acids is 2. The molecule has 0 heterocycles. The van der Waals surface area contributed by atoms with E-state index >= 15 is 0 Å². The van der Waals surface area contributed by atoms with Crippen molar-refractivity contribution >= 4 is 11.7 Å². The van der Waals surface area contributed by atoms with Crippen LogP contribution in [0.5, 0.6) is 5.75 Å². The van der Waals surface area contributed by atoms with Gasteiger partial charge in [0.05, 0.1) is 0 Å². The fourth-order valence-corrected chi connectivity index (χ4v) is 2.20. The number of likely N-dealkylation sites (N-methyl/N-ethyl adjacent to an activating group) is 1. The van der Waals surface area contributed by atoms with Crippen LogP contribution >= 0.6 is 0 Å². The van der Waals surface area contributed by atoms with Gasteiger partial charge < -0.3 is 9.64 Å². The summed E-state index contributed by atoms with van der Waals surface area (Å²) in [6.07, 6.45) is -3.53. The van der Waals surface area contributed by atoms with E-state index in [2.05, 4.69) is 0 Å². The van der Waals surface area contributed by atoms with Crippen LogP contribution in [0.1, 0.15) is 22.3 Å². The third-order valence-electron chi connectivity index (χ3n) is 3.23. The number of hydrogen-bond acceptors (Lipinski definition) is 3. The van der Waals surface area contributed by atoms with Crippen LogP contribution in [0.2, 0.25) is 0 Å². The van der Waals surface area contributed by atoms with Gasteiger partial charge in [-0.2, -0.15) is 13.2 Å². The fraction of sp³-hybridized carbons (Fsp3) is 0.429. The van der Waals surface area contributed by atoms with E-state index in [0.717, 1.165) is 7.05 Å². The second-order valence-electron chi connectivity index (χ2n) is 4.86. The van der Waals surface area contributed by atoms with Gasteiger partial charge in [-0.1, -0.05) is 12.1 Å². The van der Waals surface area contributed by atoms with Crippen LogP contribution in [-0.4, -0.2) is 43.0 Å². The molecule has 1 aromatic rings. The van der Waals surface area contributed by atoms with Crippen LogP contribution in [0.4, 0.5) is 13.2 Å². The third-order valence-corrected chi connectivity index (χ3v) is 3.23. The quantitative estimate of drug-likeness (QED) is 0.856. The predicted octanol–water partition coefficient (Wildman–Crippen LogP) is 2.21. The van der Waals surface area contributed by atoms with E-state index in [9.17, 15) is 22.8 Å². The number of rotatable bonds is 4. The molecule has 0 radical (unpaired) electrons. The van der Waals surface area contributed by atoms with Gasteiger partial charge in [0.25, 0.3) is 5.91 Å². The fourth-order valence-electron chi connectivity index (χ4n) is 2.20. The summed E-state index contributed by atoms with van der Waals surface area (Å²) >= 11 is 0. The average molecular weight is 301 g/mol. The van der Waals surface area contributed by atoms with Gasteiger partial charge in [0.15, 0.2) is 12.4 Å². The van der Waals surface area contributed by atoms with Crippen molar-refractivity contribution in [2.24, 2.45) is 0 Å². The molecular formula is C14H14F3NO3. The van der Waals surface area contributed by atoms with Crippen LogP contribution in [0.15, 0.2) is 18.2 Å². The van der Waals surface area contributed by atoms with E-state index in [4.69, 9.17) is 4.74 Å². The van der Waals surface area contributed by atoms with E-state index in [1.165, 1.54) is 0 Å². The van der Waals surface area contributed by atoms with E-state index in [1.54, 1.807) is 18.2 Å². The Kier molecular flexibility index (Phi) is 4.20. The summed E-state index contributed by atoms with van der Waals surface area (Å²) in [5, 5.41) is 0. The standard InChI is InChI=1S/C14H14F3NO3/c1-18(8-14(15,16)17)13(20)7-21-12-4-2-3-9-10(12)5-6-11(9)19/h2-4H,5-8H2,1H3. The summed E-state index contributed by atoms with van der Waals surface area (Å²) in [5.74, 6) is -0.377. The molecule has 0 spiro atoms. The first-order valence-electron chi connectivity index (χ1n) is 6.36. The van der Waals surface area contributed by atoms with Crippen molar-refractivity contribution in [3.05, 3.63) is 29.3 Å². The molecule has 7 heteroatoms. The molecule has 0 atom stereocenters. The normalized spacial score (nSPS) is 14.0. The maximum atomic E-state index is 12.2. The van der Waals surface area contributed by atoms with Crippen molar-refractivity contribution in [2.75, 3.05) is 20.2 Å². The summed E-state index contributed by atoms with van der Waals surface area (Å²) < 4.78 is 41.8. The van der Waals surface area contributed by atoms with Crippen molar-refractivity contribution in [2.45, 2.75) is 19.0 Å². The number of carbonyl (C=O) groups is 2. The lowest BCUT2D eigenvalue weighted by atomic mass is 10.1. The molecule has 1 aliphatic rings. The average Bonchev–Trinajstić information content (AvgIpc) is 2.76. The second-order valence-corrected chi connectivity index (χ2v) is 4.86. The molecule has 0 saturated carbocycles. The van der Waals surface area contributed by atoms with E-state index in [1.807, 2.05) is 0 Å². The smallest absolute Gasteiger partial charge is 0.406 e. The summed E-state index contributed by atoms with van der Waals surface area (Å²) in [5.41, 5.74) is 1.28. The Balaban J connectivity index is 1.98. The first-order valence-corrected chi connectivity index (χ1v) is 6.36. The molecule has 0 aliphatic heterocycles. The Morgan fingerprint density at radius 2 is 2.05 bits per heavy atom. The minimum atomic E-state index is -4.44. The number of hydrogen-bond donors (Lipinski definition) is 0. The topological polar surface area (TPSA) is 46.6 Å². The first kappa shape index (κ1) is 15.3. The van der Waals surface area contributed by atoms with Crippen molar-refractivity contribution in [3.8, 4) is 5.75 Å². The summed E-state index contributed by atoms with van der Waals surface area (Å²) in [4.78, 5) is 23.7. The van der Waals surface area contributed by atoms with E-state index in [-0.39, 0.29) is 5.78 Å². The first-order chi connectivity index (χ1) is 9.78. The molecular weight excluding hydrogens is 287 g/mol. The zero-order valence-corrected chi connectivity index (χ0v) is 11.4. The number of benzene rings is 1. The monoisotopic (exact) mass is 301 g/mol. The van der Waals surface area contributed by atoms with Crippen molar-refractivity contribution in [3.63, 3.8) is 0 Å². The molecule has 4 nitrogen and oxygen atoms in total. The molecule has 0 aromatic heterocycles. The largest absolute Gasteiger partial charge is 0.483 e. The van der Waals surface area contributed by atoms with Gasteiger partial charge in [-0.25, -0.2) is 0 Å². The molecule has 1 amide bonds. The molecule has 0 bridgehead atoms. The van der Waals surface area contributed by atoms with Crippen LogP contribution in [0, 0.1) is 0 Å². The SMILES string of the molecule is CN(CC(F)(F)F)C(=O)COc1cccc2c1CCC2=O. The molecule has 0 N–H and O–H groups in total. The van der Waals surface area contributed by atoms with Crippen molar-refractivity contribution in [1.29, 1.82) is 0 Å². The van der Waals surface area contributed by atoms with Crippen LogP contribution in [0.25, 0.3) is 0 Å². The number of nitrogens with zero attached hydrogens (tertiary/aromatic N) is 1. The van der Waals surface area contributed by atoms with Gasteiger partial charge in [0.1, 0.15) is 12.3 Å². The lowest BCUT2D eigenvalue weighted by Gasteiger charge is -2.19. The number of fused-ring (bicyclic) bond motifs is 1. The van der Waals surface area contributed by atoms with Gasteiger partial charge >= 0.3 is 6.18 Å². The van der Waals surface area contributed by atoms with Crippen molar-refractivity contribution < 1.29 is 27.5 Å². The maximum absolute atomic E-state index is 12.2. The number of alkyl halides is 3. The highest BCUT2D eigenvalue weighted by Gasteiger charge is 2.31. The Labute approximate surface area is 119 Å². The molecule has 114 valence electrons. The zero-order valence-electron chi connectivity index (χ0n) is 11.4. The molecule has 0 fully saturated rings. The van der Waals surface area contributed by atoms with Gasteiger partial charge in [0.2, 0.25) is 0 Å². The molecule has 2 rings (SSSR count). The number of amides is 1. The molecule has 0 unspecified atom stereocenters. The lowest BCUT2D eigenvalue weighted by molar-refractivity contribution is -0.159. The predicted molar refractivity (Wildman–Crippen MR) is 68.3 cm³/mol. The summed E-state index contributed by atoms with van der Waals surface area (Å²) in [7, 11) is 1.07. The highest BCUT2D eigenvalue weighted by atomic mass is 19.4. The van der Waals surface area contributed by atoms with Crippen LogP contribution in [0.3, 0.4) is 0 Å². The van der Waals surface area contributed by atoms with Gasteiger partial charge in [-0.05, 0) is 12.5 Å². The molecule has 1 aromatic carbocycles. The van der Waals surface area contributed by atoms with Gasteiger partial charge in [-0.15, -0.1) is 0 Å². The Hall–Kier alpha value is -2.05. The summed E-state index contributed by atoms with van der Waals surface area (Å²) in [6, 6.07) is 4.91. The maximum Gasteiger partial charge on any atom is 0.406 e. The molecule has 21 heavy (non-hydrogen) atoms. The lowest BCUT2D eigenvalue weighted by Crippen LogP contribution is -2.38. The number of ketones is 1. The molecule has 0 saturated heterocycles. The third kappa shape index (κ3) is 3.74. The van der Waals surface area contributed by atoms with Crippen molar-refractivity contribution in [1.82, 2.24) is 4.90 Å². The second kappa shape index (κ2) is 5.75. The van der Waals surface area contributed by atoms with E-state index in [0.29, 0.717) is 34.6 Å². The number of halogens is 3. The minimum absolute atomic E-state index is 0.0102. The van der Waals surface area contributed by atoms with E-state index < -0.39 is 25.2 Å². The zero-order chi connectivity index (χ0) is 15.6. The Bertz CT molecular complexity index is 569. The number of Topliss-reactive ketones (excluding diaryl/α,β-unsaturated/α-hetero) is 1. The molecule has 1 aliphatic carbocycles. The Morgan fingerprint density at radius 3 is 2.71 bits per heavy atom. The highest BCUT2D eigenvalue weighted by Crippen LogP contribution is 2.30. The van der Waals surface area contributed by atoms with Crippen LogP contribution in [-0.2, 0) is 11.2 Å². The highest BCUT2D eigenvalue weighted by molar-refractivity contribution is 6.01. The Morgan fingerprint density at radius 1 is 1.33 bits per heavy atom. The van der Waals surface area contributed by atoms with Gasteiger partial charge in [-0.3, -0.25) is 9.59 Å². The number of ether oxygens (including phenoxy) is 1. The summed E-state index contributed by atoms with van der Waals surface area (Å²) in [6.45, 7) is -1.81. The van der Waals surface area contributed by atoms with Gasteiger partial charge in [0, 0.05) is 24.6 Å². The minimum Gasteiger partial charge on any atom is -0.483 e.